The maximum Gasteiger partial charge on any atom is 0.335 e. The minimum Gasteiger partial charge on any atom is -0.489 e. The van der Waals surface area contributed by atoms with Gasteiger partial charge < -0.3 is 19.9 Å². The quantitative estimate of drug-likeness (QED) is 0.844. The highest BCUT2D eigenvalue weighted by Gasteiger charge is 2.40. The molecule has 2 N–H and O–H groups in total. The third-order valence-corrected chi connectivity index (χ3v) is 4.09. The molecule has 0 unspecified atom stereocenters. The Morgan fingerprint density at radius 3 is 2.56 bits per heavy atom. The molecule has 0 aromatic heterocycles. The first-order chi connectivity index (χ1) is 12.0. The van der Waals surface area contributed by atoms with Crippen molar-refractivity contribution in [2.45, 2.75) is 25.6 Å². The van der Waals surface area contributed by atoms with Crippen LogP contribution in [0.15, 0.2) is 48.5 Å². The van der Waals surface area contributed by atoms with Gasteiger partial charge in [-0.1, -0.05) is 30.3 Å². The number of carboxylic acids is 1. The average molecular weight is 341 g/mol. The van der Waals surface area contributed by atoms with Crippen LogP contribution in [-0.4, -0.2) is 29.1 Å². The van der Waals surface area contributed by atoms with E-state index in [4.69, 9.17) is 9.47 Å². The van der Waals surface area contributed by atoms with Crippen molar-refractivity contribution >= 4 is 11.9 Å². The zero-order chi connectivity index (χ0) is 17.9. The number of carbonyl (C=O) groups is 2. The molecule has 1 atom stereocenters. The van der Waals surface area contributed by atoms with Gasteiger partial charge in [-0.15, -0.1) is 0 Å². The molecular formula is C19H19NO5. The predicted molar refractivity (Wildman–Crippen MR) is 90.8 cm³/mol. The summed E-state index contributed by atoms with van der Waals surface area (Å²) in [5, 5.41) is 12.0. The van der Waals surface area contributed by atoms with Crippen LogP contribution in [0.4, 0.5) is 0 Å². The third-order valence-electron chi connectivity index (χ3n) is 4.09. The Hall–Kier alpha value is -3.02. The van der Waals surface area contributed by atoms with Crippen molar-refractivity contribution in [1.82, 2.24) is 5.32 Å². The lowest BCUT2D eigenvalue weighted by atomic mass is 10.1. The summed E-state index contributed by atoms with van der Waals surface area (Å²) in [4.78, 5) is 23.3. The minimum atomic E-state index is -1.09. The molecule has 2 aromatic carbocycles. The first-order valence-corrected chi connectivity index (χ1v) is 7.99. The molecule has 1 aliphatic rings. The summed E-state index contributed by atoms with van der Waals surface area (Å²) in [7, 11) is 0. The van der Waals surface area contributed by atoms with E-state index < -0.39 is 11.6 Å². The zero-order valence-electron chi connectivity index (χ0n) is 13.8. The molecule has 0 bridgehead atoms. The number of carboxylic acid groups (broad SMARTS) is 1. The molecule has 0 aliphatic carbocycles. The number of ether oxygens (including phenoxy) is 2. The van der Waals surface area contributed by atoms with Gasteiger partial charge in [0, 0.05) is 19.0 Å². The predicted octanol–water partition coefficient (Wildman–Crippen LogP) is 2.62. The van der Waals surface area contributed by atoms with Crippen molar-refractivity contribution in [3.05, 3.63) is 59.7 Å². The largest absolute Gasteiger partial charge is 0.489 e. The molecule has 0 radical (unpaired) electrons. The average Bonchev–Trinajstić information content (AvgIpc) is 2.92. The van der Waals surface area contributed by atoms with Crippen LogP contribution in [0.3, 0.4) is 0 Å². The number of aromatic carboxylic acids is 1. The number of carbonyl (C=O) groups excluding carboxylic acids is 1. The van der Waals surface area contributed by atoms with Crippen LogP contribution in [0.5, 0.6) is 11.5 Å². The summed E-state index contributed by atoms with van der Waals surface area (Å²) in [6, 6.07) is 14.0. The van der Waals surface area contributed by atoms with E-state index in [1.54, 1.807) is 13.0 Å². The van der Waals surface area contributed by atoms with Gasteiger partial charge in [0.15, 0.2) is 5.60 Å². The van der Waals surface area contributed by atoms with E-state index in [2.05, 4.69) is 5.32 Å². The zero-order valence-corrected chi connectivity index (χ0v) is 13.8. The van der Waals surface area contributed by atoms with Gasteiger partial charge >= 0.3 is 5.97 Å². The van der Waals surface area contributed by atoms with Gasteiger partial charge in [0.1, 0.15) is 18.1 Å². The number of amides is 1. The fraction of sp³-hybridized carbons (Fsp3) is 0.263. The highest BCUT2D eigenvalue weighted by atomic mass is 16.5. The SMILES string of the molecule is C[C@]1(Oc2cc(OCc3ccccc3)cc(C(=O)O)c2)CCNC1=O. The summed E-state index contributed by atoms with van der Waals surface area (Å²) in [6.45, 7) is 2.53. The molecule has 1 fully saturated rings. The van der Waals surface area contributed by atoms with E-state index in [1.807, 2.05) is 30.3 Å². The first-order valence-electron chi connectivity index (χ1n) is 7.99. The molecule has 130 valence electrons. The van der Waals surface area contributed by atoms with Crippen molar-refractivity contribution in [2.24, 2.45) is 0 Å². The fourth-order valence-electron chi connectivity index (χ4n) is 2.65. The Morgan fingerprint density at radius 1 is 1.20 bits per heavy atom. The minimum absolute atomic E-state index is 0.0440. The Balaban J connectivity index is 1.82. The van der Waals surface area contributed by atoms with Crippen molar-refractivity contribution < 1.29 is 24.2 Å². The van der Waals surface area contributed by atoms with Crippen LogP contribution in [0.1, 0.15) is 29.3 Å². The van der Waals surface area contributed by atoms with Crippen LogP contribution < -0.4 is 14.8 Å². The van der Waals surface area contributed by atoms with Crippen molar-refractivity contribution in [2.75, 3.05) is 6.54 Å². The summed E-state index contributed by atoms with van der Waals surface area (Å²) in [5.41, 5.74) is 0.00350. The van der Waals surface area contributed by atoms with E-state index in [1.165, 1.54) is 12.1 Å². The molecule has 1 heterocycles. The Bertz CT molecular complexity index is 790. The van der Waals surface area contributed by atoms with Gasteiger partial charge in [-0.3, -0.25) is 4.79 Å². The van der Waals surface area contributed by atoms with Gasteiger partial charge in [-0.05, 0) is 24.6 Å². The van der Waals surface area contributed by atoms with Crippen LogP contribution in [0.25, 0.3) is 0 Å². The molecule has 2 aromatic rings. The molecule has 0 saturated carbocycles. The van der Waals surface area contributed by atoms with Gasteiger partial charge in [0.2, 0.25) is 0 Å². The smallest absolute Gasteiger partial charge is 0.335 e. The van der Waals surface area contributed by atoms with Crippen LogP contribution in [-0.2, 0) is 11.4 Å². The number of hydrogen-bond donors (Lipinski definition) is 2. The maximum absolute atomic E-state index is 11.9. The summed E-state index contributed by atoms with van der Waals surface area (Å²) in [6.07, 6.45) is 0.517. The number of nitrogens with one attached hydrogen (secondary N) is 1. The van der Waals surface area contributed by atoms with E-state index in [0.717, 1.165) is 5.56 Å². The second-order valence-electron chi connectivity index (χ2n) is 6.11. The monoisotopic (exact) mass is 341 g/mol. The summed E-state index contributed by atoms with van der Waals surface area (Å²) in [5.74, 6) is -0.626. The Labute approximate surface area is 145 Å². The molecule has 1 saturated heterocycles. The summed E-state index contributed by atoms with van der Waals surface area (Å²) >= 11 is 0. The van der Waals surface area contributed by atoms with E-state index in [9.17, 15) is 14.7 Å². The van der Waals surface area contributed by atoms with Crippen LogP contribution in [0.2, 0.25) is 0 Å². The third kappa shape index (κ3) is 3.91. The molecule has 0 spiro atoms. The van der Waals surface area contributed by atoms with E-state index >= 15 is 0 Å². The highest BCUT2D eigenvalue weighted by Crippen LogP contribution is 2.29. The first kappa shape index (κ1) is 16.8. The maximum atomic E-state index is 11.9. The molecule has 3 rings (SSSR count). The van der Waals surface area contributed by atoms with Gasteiger partial charge in [-0.2, -0.15) is 0 Å². The molecule has 1 amide bonds. The molecule has 6 nitrogen and oxygen atoms in total. The van der Waals surface area contributed by atoms with Crippen molar-refractivity contribution in [3.63, 3.8) is 0 Å². The molecule has 6 heteroatoms. The molecule has 1 aliphatic heterocycles. The van der Waals surface area contributed by atoms with Crippen molar-refractivity contribution in [3.8, 4) is 11.5 Å². The van der Waals surface area contributed by atoms with Crippen LogP contribution in [0, 0.1) is 0 Å². The standard InChI is InChI=1S/C19H19NO5/c1-19(7-8-20-18(19)23)25-16-10-14(17(21)22)9-15(11-16)24-12-13-5-3-2-4-6-13/h2-6,9-11H,7-8,12H2,1H3,(H,20,23)(H,21,22)/t19-/m0/s1. The lowest BCUT2D eigenvalue weighted by molar-refractivity contribution is -0.131. The Kier molecular flexibility index (Phi) is 4.61. The van der Waals surface area contributed by atoms with Gasteiger partial charge in [-0.25, -0.2) is 4.79 Å². The van der Waals surface area contributed by atoms with Crippen LogP contribution >= 0.6 is 0 Å². The van der Waals surface area contributed by atoms with Crippen molar-refractivity contribution in [1.29, 1.82) is 0 Å². The van der Waals surface area contributed by atoms with E-state index in [0.29, 0.717) is 31.1 Å². The summed E-state index contributed by atoms with van der Waals surface area (Å²) < 4.78 is 11.5. The number of rotatable bonds is 6. The normalized spacial score (nSPS) is 19.3. The second kappa shape index (κ2) is 6.84. The second-order valence-corrected chi connectivity index (χ2v) is 6.11. The topological polar surface area (TPSA) is 84.9 Å². The Morgan fingerprint density at radius 2 is 1.92 bits per heavy atom. The van der Waals surface area contributed by atoms with Gasteiger partial charge in [0.25, 0.3) is 5.91 Å². The molecule has 25 heavy (non-hydrogen) atoms. The number of hydrogen-bond acceptors (Lipinski definition) is 4. The fourth-order valence-corrected chi connectivity index (χ4v) is 2.65. The van der Waals surface area contributed by atoms with Gasteiger partial charge in [0.05, 0.1) is 5.56 Å². The lowest BCUT2D eigenvalue weighted by Gasteiger charge is -2.23. The van der Waals surface area contributed by atoms with E-state index in [-0.39, 0.29) is 11.5 Å². The lowest BCUT2D eigenvalue weighted by Crippen LogP contribution is -2.40. The number of benzene rings is 2. The highest BCUT2D eigenvalue weighted by molar-refractivity contribution is 5.89. The molecular weight excluding hydrogens is 322 g/mol.